The van der Waals surface area contributed by atoms with Crippen LogP contribution in [0.5, 0.6) is 5.75 Å². The number of nitrogens with zero attached hydrogens (tertiary/aromatic N) is 2. The van der Waals surface area contributed by atoms with Crippen LogP contribution in [-0.2, 0) is 11.3 Å². The van der Waals surface area contributed by atoms with Gasteiger partial charge < -0.3 is 9.64 Å². The Morgan fingerprint density at radius 1 is 1.21 bits per heavy atom. The van der Waals surface area contributed by atoms with Gasteiger partial charge >= 0.3 is 0 Å². The van der Waals surface area contributed by atoms with E-state index < -0.39 is 0 Å². The van der Waals surface area contributed by atoms with Gasteiger partial charge in [0.15, 0.2) is 5.11 Å². The lowest BCUT2D eigenvalue weighted by atomic mass is 10.1. The molecule has 1 amide bonds. The molecule has 0 aliphatic carbocycles. The molecule has 2 aromatic carbocycles. The number of ether oxygens (including phenoxy) is 1. The Bertz CT molecular complexity index is 792. The fraction of sp³-hybridized carbons (Fsp3) is 0.222. The summed E-state index contributed by atoms with van der Waals surface area (Å²) in [5.74, 6) is 0.503. The molecule has 1 fully saturated rings. The lowest BCUT2D eigenvalue weighted by molar-refractivity contribution is -0.116. The first-order chi connectivity index (χ1) is 11.5. The monoisotopic (exact) mass is 360 g/mol. The second-order valence-corrected chi connectivity index (χ2v) is 6.44. The van der Waals surface area contributed by atoms with E-state index in [0.717, 1.165) is 5.56 Å². The first kappa shape index (κ1) is 16.7. The van der Waals surface area contributed by atoms with E-state index in [9.17, 15) is 4.79 Å². The van der Waals surface area contributed by atoms with Crippen LogP contribution >= 0.6 is 23.8 Å². The van der Waals surface area contributed by atoms with Crippen molar-refractivity contribution in [2.24, 2.45) is 0 Å². The molecule has 0 N–H and O–H groups in total. The molecule has 3 rings (SSSR count). The third-order valence-corrected chi connectivity index (χ3v) is 4.66. The van der Waals surface area contributed by atoms with Gasteiger partial charge in [-0.15, -0.1) is 0 Å². The van der Waals surface area contributed by atoms with Gasteiger partial charge in [0.25, 0.3) is 5.91 Å². The van der Waals surface area contributed by atoms with Crippen LogP contribution in [0.15, 0.2) is 42.5 Å². The minimum Gasteiger partial charge on any atom is -0.495 e. The highest BCUT2D eigenvalue weighted by molar-refractivity contribution is 7.80. The van der Waals surface area contributed by atoms with Gasteiger partial charge in [0.05, 0.1) is 17.8 Å². The molecule has 0 bridgehead atoms. The average molecular weight is 361 g/mol. The Morgan fingerprint density at radius 3 is 2.54 bits per heavy atom. The van der Waals surface area contributed by atoms with Crippen molar-refractivity contribution >= 4 is 40.5 Å². The molecule has 1 saturated heterocycles. The topological polar surface area (TPSA) is 32.8 Å². The number of thiocarbonyl (C=S) groups is 1. The Hall–Kier alpha value is -2.11. The summed E-state index contributed by atoms with van der Waals surface area (Å²) in [5, 5.41) is 0.935. The molecule has 2 aromatic rings. The van der Waals surface area contributed by atoms with Crippen LogP contribution in [0.4, 0.5) is 5.69 Å². The molecule has 4 nitrogen and oxygen atoms in total. The summed E-state index contributed by atoms with van der Waals surface area (Å²) < 4.78 is 5.15. The van der Waals surface area contributed by atoms with Crippen LogP contribution in [-0.4, -0.2) is 29.6 Å². The number of benzene rings is 2. The Kier molecular flexibility index (Phi) is 4.73. The number of hydrogen-bond donors (Lipinski definition) is 0. The van der Waals surface area contributed by atoms with Crippen LogP contribution in [0.3, 0.4) is 0 Å². The normalized spacial score (nSPS) is 14.5. The van der Waals surface area contributed by atoms with Gasteiger partial charge in [0.1, 0.15) is 12.3 Å². The van der Waals surface area contributed by atoms with Gasteiger partial charge in [0, 0.05) is 6.54 Å². The number of carbonyl (C=O) groups excluding carboxylic acids is 1. The van der Waals surface area contributed by atoms with E-state index in [0.29, 0.717) is 28.1 Å². The highest BCUT2D eigenvalue weighted by Gasteiger charge is 2.34. The number of rotatable bonds is 4. The van der Waals surface area contributed by atoms with Gasteiger partial charge in [-0.2, -0.15) is 0 Å². The summed E-state index contributed by atoms with van der Waals surface area (Å²) in [6.07, 6.45) is 0. The zero-order valence-electron chi connectivity index (χ0n) is 13.5. The largest absolute Gasteiger partial charge is 0.495 e. The summed E-state index contributed by atoms with van der Waals surface area (Å²) in [6, 6.07) is 13.4. The molecule has 1 aliphatic rings. The minimum atomic E-state index is -0.0617. The summed E-state index contributed by atoms with van der Waals surface area (Å²) >= 11 is 11.7. The fourth-order valence-electron chi connectivity index (χ4n) is 2.64. The second kappa shape index (κ2) is 6.79. The maximum Gasteiger partial charge on any atom is 0.252 e. The van der Waals surface area contributed by atoms with Crippen LogP contribution in [0.25, 0.3) is 0 Å². The molecule has 0 spiro atoms. The Balaban J connectivity index is 1.81. The number of anilines is 1. The highest BCUT2D eigenvalue weighted by atomic mass is 35.5. The molecule has 0 radical (unpaired) electrons. The third-order valence-electron chi connectivity index (χ3n) is 3.92. The van der Waals surface area contributed by atoms with Gasteiger partial charge in [-0.3, -0.25) is 9.69 Å². The number of hydrogen-bond acceptors (Lipinski definition) is 3. The number of amides is 1. The van der Waals surface area contributed by atoms with Crippen molar-refractivity contribution in [1.82, 2.24) is 4.90 Å². The lowest BCUT2D eigenvalue weighted by Crippen LogP contribution is -2.32. The quantitative estimate of drug-likeness (QED) is 0.776. The summed E-state index contributed by atoms with van der Waals surface area (Å²) in [5.41, 5.74) is 2.97. The maximum absolute atomic E-state index is 12.4. The first-order valence-electron chi connectivity index (χ1n) is 7.50. The van der Waals surface area contributed by atoms with Crippen molar-refractivity contribution in [2.45, 2.75) is 13.5 Å². The summed E-state index contributed by atoms with van der Waals surface area (Å²) in [6.45, 7) is 2.91. The van der Waals surface area contributed by atoms with Crippen LogP contribution in [0.1, 0.15) is 11.1 Å². The lowest BCUT2D eigenvalue weighted by Gasteiger charge is -2.21. The highest BCUT2D eigenvalue weighted by Crippen LogP contribution is 2.31. The Morgan fingerprint density at radius 2 is 1.92 bits per heavy atom. The van der Waals surface area contributed by atoms with Crippen LogP contribution < -0.4 is 9.64 Å². The second-order valence-electron chi connectivity index (χ2n) is 5.67. The Labute approximate surface area is 151 Å². The average Bonchev–Trinajstić information content (AvgIpc) is 2.83. The van der Waals surface area contributed by atoms with Gasteiger partial charge in [-0.1, -0.05) is 41.4 Å². The number of aryl methyl sites for hydroxylation is 1. The van der Waals surface area contributed by atoms with Crippen molar-refractivity contribution in [2.75, 3.05) is 18.6 Å². The predicted molar refractivity (Wildman–Crippen MR) is 99.7 cm³/mol. The van der Waals surface area contributed by atoms with Crippen molar-refractivity contribution in [3.8, 4) is 5.75 Å². The smallest absolute Gasteiger partial charge is 0.252 e. The minimum absolute atomic E-state index is 0.0617. The molecule has 1 aliphatic heterocycles. The van der Waals surface area contributed by atoms with E-state index in [4.69, 9.17) is 28.6 Å². The van der Waals surface area contributed by atoms with E-state index in [1.165, 1.54) is 10.5 Å². The number of carbonyl (C=O) groups is 1. The van der Waals surface area contributed by atoms with E-state index in [-0.39, 0.29) is 12.5 Å². The third kappa shape index (κ3) is 3.23. The molecular formula is C18H17ClN2O2S. The molecule has 6 heteroatoms. The molecule has 24 heavy (non-hydrogen) atoms. The van der Waals surface area contributed by atoms with Crippen molar-refractivity contribution < 1.29 is 9.53 Å². The van der Waals surface area contributed by atoms with Gasteiger partial charge in [0.2, 0.25) is 0 Å². The predicted octanol–water partition coefficient (Wildman–Crippen LogP) is 3.79. The molecule has 0 saturated carbocycles. The fourth-order valence-corrected chi connectivity index (χ4v) is 3.22. The molecule has 0 atom stereocenters. The summed E-state index contributed by atoms with van der Waals surface area (Å²) in [4.78, 5) is 15.8. The molecule has 0 unspecified atom stereocenters. The first-order valence-corrected chi connectivity index (χ1v) is 8.29. The zero-order valence-corrected chi connectivity index (χ0v) is 15.0. The van der Waals surface area contributed by atoms with E-state index in [1.807, 2.05) is 11.8 Å². The van der Waals surface area contributed by atoms with Crippen LogP contribution in [0, 0.1) is 6.92 Å². The standard InChI is InChI=1S/C18H17ClN2O2S/c1-12-3-5-13(6-4-12)10-20-11-17(22)21(18(20)24)14-7-8-16(23-2)15(19)9-14/h3-9H,10-11H2,1-2H3. The van der Waals surface area contributed by atoms with E-state index in [1.54, 1.807) is 25.3 Å². The SMILES string of the molecule is COc1ccc(N2C(=O)CN(Cc3ccc(C)cc3)C2=S)cc1Cl. The molecule has 1 heterocycles. The molecule has 0 aromatic heterocycles. The van der Waals surface area contributed by atoms with Crippen molar-refractivity contribution in [1.29, 1.82) is 0 Å². The maximum atomic E-state index is 12.4. The zero-order chi connectivity index (χ0) is 17.3. The number of methoxy groups -OCH3 is 1. The van der Waals surface area contributed by atoms with E-state index in [2.05, 4.69) is 24.3 Å². The summed E-state index contributed by atoms with van der Waals surface area (Å²) in [7, 11) is 1.55. The molecule has 124 valence electrons. The van der Waals surface area contributed by atoms with Gasteiger partial charge in [-0.05, 0) is 42.9 Å². The van der Waals surface area contributed by atoms with Crippen molar-refractivity contribution in [3.05, 3.63) is 58.6 Å². The van der Waals surface area contributed by atoms with Crippen LogP contribution in [0.2, 0.25) is 5.02 Å². The van der Waals surface area contributed by atoms with Gasteiger partial charge in [-0.25, -0.2) is 0 Å². The van der Waals surface area contributed by atoms with E-state index >= 15 is 0 Å². The molecular weight excluding hydrogens is 344 g/mol. The number of halogens is 1. The van der Waals surface area contributed by atoms with Crippen molar-refractivity contribution in [3.63, 3.8) is 0 Å².